The van der Waals surface area contributed by atoms with Crippen LogP contribution in [0.1, 0.15) is 19.8 Å². The summed E-state index contributed by atoms with van der Waals surface area (Å²) in [6.07, 6.45) is 4.65. The van der Waals surface area contributed by atoms with Crippen molar-refractivity contribution < 1.29 is 14.7 Å². The Morgan fingerprint density at radius 2 is 2.22 bits per heavy atom. The minimum Gasteiger partial charge on any atom is -0.481 e. The fourth-order valence-electron chi connectivity index (χ4n) is 1.61. The Labute approximate surface area is 106 Å². The molecule has 1 N–H and O–H groups in total. The minimum absolute atomic E-state index is 0.0322. The van der Waals surface area contributed by atoms with Crippen LogP contribution in [-0.4, -0.2) is 45.3 Å². The predicted octanol–water partition coefficient (Wildman–Crippen LogP) is 0.842. The Morgan fingerprint density at radius 1 is 1.50 bits per heavy atom. The minimum atomic E-state index is -0.883. The van der Waals surface area contributed by atoms with E-state index in [4.69, 9.17) is 5.11 Å². The lowest BCUT2D eigenvalue weighted by Gasteiger charge is -2.19. The van der Waals surface area contributed by atoms with Gasteiger partial charge in [-0.25, -0.2) is 0 Å². The van der Waals surface area contributed by atoms with Gasteiger partial charge < -0.3 is 10.0 Å². The quantitative estimate of drug-likeness (QED) is 0.781. The smallest absolute Gasteiger partial charge is 0.308 e. The van der Waals surface area contributed by atoms with Gasteiger partial charge in [0.2, 0.25) is 5.91 Å². The van der Waals surface area contributed by atoms with E-state index in [-0.39, 0.29) is 12.5 Å². The third-order valence-electron chi connectivity index (χ3n) is 2.73. The van der Waals surface area contributed by atoms with Crippen molar-refractivity contribution in [3.8, 4) is 0 Å². The maximum Gasteiger partial charge on any atom is 0.308 e. The number of carboxylic acids is 1. The van der Waals surface area contributed by atoms with Crippen LogP contribution in [0.25, 0.3) is 0 Å². The molecule has 6 nitrogen and oxygen atoms in total. The van der Waals surface area contributed by atoms with Crippen LogP contribution >= 0.6 is 0 Å². The number of aryl methyl sites for hydroxylation is 1. The molecule has 0 radical (unpaired) electrons. The third-order valence-corrected chi connectivity index (χ3v) is 2.73. The fraction of sp³-hybridized carbons (Fsp3) is 0.583. The standard InChI is InChI=1S/C12H19N3O3/c1-10(12(17)18)9-14(2)11(16)5-3-7-15-8-4-6-13-15/h4,6,8,10H,3,5,7,9H2,1-2H3,(H,17,18). The molecule has 0 saturated carbocycles. The van der Waals surface area contributed by atoms with Crippen LogP contribution in [0.5, 0.6) is 0 Å². The number of aromatic nitrogens is 2. The molecular weight excluding hydrogens is 234 g/mol. The van der Waals surface area contributed by atoms with Crippen LogP contribution in [0.2, 0.25) is 0 Å². The zero-order valence-corrected chi connectivity index (χ0v) is 10.7. The van der Waals surface area contributed by atoms with Gasteiger partial charge in [-0.15, -0.1) is 0 Å². The van der Waals surface area contributed by atoms with Gasteiger partial charge in [0.05, 0.1) is 5.92 Å². The molecule has 1 unspecified atom stereocenters. The first-order valence-electron chi connectivity index (χ1n) is 5.95. The van der Waals surface area contributed by atoms with Crippen molar-refractivity contribution in [1.29, 1.82) is 0 Å². The van der Waals surface area contributed by atoms with Crippen LogP contribution < -0.4 is 0 Å². The first-order chi connectivity index (χ1) is 8.50. The van der Waals surface area contributed by atoms with E-state index in [0.29, 0.717) is 19.4 Å². The number of hydrogen-bond donors (Lipinski definition) is 1. The molecule has 1 aromatic rings. The van der Waals surface area contributed by atoms with Gasteiger partial charge in [-0.2, -0.15) is 5.10 Å². The van der Waals surface area contributed by atoms with Crippen LogP contribution in [0.15, 0.2) is 18.5 Å². The largest absolute Gasteiger partial charge is 0.481 e. The molecule has 0 spiro atoms. The van der Waals surface area contributed by atoms with Gasteiger partial charge >= 0.3 is 5.97 Å². The molecule has 0 fully saturated rings. The van der Waals surface area contributed by atoms with Crippen molar-refractivity contribution in [3.63, 3.8) is 0 Å². The number of carboxylic acid groups (broad SMARTS) is 1. The topological polar surface area (TPSA) is 75.4 Å². The Kier molecular flexibility index (Phi) is 5.35. The summed E-state index contributed by atoms with van der Waals surface area (Å²) in [5, 5.41) is 12.8. The molecule has 100 valence electrons. The lowest BCUT2D eigenvalue weighted by molar-refractivity contribution is -0.142. The molecule has 0 aromatic carbocycles. The predicted molar refractivity (Wildman–Crippen MR) is 65.9 cm³/mol. The normalized spacial score (nSPS) is 12.1. The van der Waals surface area contributed by atoms with Crippen LogP contribution in [0.4, 0.5) is 0 Å². The number of aliphatic carboxylic acids is 1. The second kappa shape index (κ2) is 6.78. The Hall–Kier alpha value is -1.85. The summed E-state index contributed by atoms with van der Waals surface area (Å²) in [7, 11) is 1.63. The van der Waals surface area contributed by atoms with E-state index in [0.717, 1.165) is 0 Å². The van der Waals surface area contributed by atoms with E-state index >= 15 is 0 Å². The van der Waals surface area contributed by atoms with Crippen LogP contribution in [0, 0.1) is 5.92 Å². The third kappa shape index (κ3) is 4.57. The van der Waals surface area contributed by atoms with E-state index in [1.54, 1.807) is 24.9 Å². The molecular formula is C12H19N3O3. The van der Waals surface area contributed by atoms with Gasteiger partial charge in [-0.05, 0) is 12.5 Å². The van der Waals surface area contributed by atoms with E-state index in [9.17, 15) is 9.59 Å². The zero-order chi connectivity index (χ0) is 13.5. The number of amides is 1. The van der Waals surface area contributed by atoms with Gasteiger partial charge in [0.15, 0.2) is 0 Å². The monoisotopic (exact) mass is 253 g/mol. The number of carbonyl (C=O) groups excluding carboxylic acids is 1. The highest BCUT2D eigenvalue weighted by Crippen LogP contribution is 2.03. The first kappa shape index (κ1) is 14.2. The number of nitrogens with zero attached hydrogens (tertiary/aromatic N) is 3. The van der Waals surface area contributed by atoms with Gasteiger partial charge in [-0.3, -0.25) is 14.3 Å². The van der Waals surface area contributed by atoms with Crippen molar-refractivity contribution in [2.75, 3.05) is 13.6 Å². The fourth-order valence-corrected chi connectivity index (χ4v) is 1.61. The summed E-state index contributed by atoms with van der Waals surface area (Å²) in [4.78, 5) is 23.9. The molecule has 0 saturated heterocycles. The van der Waals surface area contributed by atoms with Crippen molar-refractivity contribution in [2.45, 2.75) is 26.3 Å². The van der Waals surface area contributed by atoms with E-state index in [2.05, 4.69) is 5.10 Å². The Bertz CT molecular complexity index is 389. The van der Waals surface area contributed by atoms with Crippen molar-refractivity contribution >= 4 is 11.9 Å². The average Bonchev–Trinajstić information content (AvgIpc) is 2.81. The van der Waals surface area contributed by atoms with Crippen LogP contribution in [-0.2, 0) is 16.1 Å². The molecule has 1 amide bonds. The molecule has 1 rings (SSSR count). The van der Waals surface area contributed by atoms with Gasteiger partial charge in [-0.1, -0.05) is 6.92 Å². The molecule has 0 aliphatic heterocycles. The molecule has 0 bridgehead atoms. The van der Waals surface area contributed by atoms with Crippen molar-refractivity contribution in [2.24, 2.45) is 5.92 Å². The average molecular weight is 253 g/mol. The summed E-state index contributed by atoms with van der Waals surface area (Å²) >= 11 is 0. The number of carbonyl (C=O) groups is 2. The summed E-state index contributed by atoms with van der Waals surface area (Å²) < 4.78 is 1.77. The van der Waals surface area contributed by atoms with E-state index < -0.39 is 11.9 Å². The Balaban J connectivity index is 2.25. The molecule has 6 heteroatoms. The maximum absolute atomic E-state index is 11.7. The number of rotatable bonds is 7. The molecule has 1 aromatic heterocycles. The maximum atomic E-state index is 11.7. The van der Waals surface area contributed by atoms with Gasteiger partial charge in [0, 0.05) is 39.0 Å². The zero-order valence-electron chi connectivity index (χ0n) is 10.7. The SMILES string of the molecule is CC(CN(C)C(=O)CCCn1cccn1)C(=O)O. The van der Waals surface area contributed by atoms with Gasteiger partial charge in [0.25, 0.3) is 0 Å². The Morgan fingerprint density at radius 3 is 2.78 bits per heavy atom. The van der Waals surface area contributed by atoms with Crippen LogP contribution in [0.3, 0.4) is 0 Å². The lowest BCUT2D eigenvalue weighted by atomic mass is 10.1. The van der Waals surface area contributed by atoms with Crippen molar-refractivity contribution in [3.05, 3.63) is 18.5 Å². The second-order valence-electron chi connectivity index (χ2n) is 4.39. The second-order valence-corrected chi connectivity index (χ2v) is 4.39. The highest BCUT2D eigenvalue weighted by Gasteiger charge is 2.16. The highest BCUT2D eigenvalue weighted by molar-refractivity contribution is 5.77. The first-order valence-corrected chi connectivity index (χ1v) is 5.95. The van der Waals surface area contributed by atoms with Crippen molar-refractivity contribution in [1.82, 2.24) is 14.7 Å². The summed E-state index contributed by atoms with van der Waals surface area (Å²) in [6.45, 7) is 2.53. The summed E-state index contributed by atoms with van der Waals surface area (Å²) in [5.74, 6) is -1.45. The molecule has 1 atom stereocenters. The number of hydrogen-bond acceptors (Lipinski definition) is 3. The van der Waals surface area contributed by atoms with E-state index in [1.165, 1.54) is 4.90 Å². The lowest BCUT2D eigenvalue weighted by Crippen LogP contribution is -2.33. The summed E-state index contributed by atoms with van der Waals surface area (Å²) in [6, 6.07) is 1.84. The highest BCUT2D eigenvalue weighted by atomic mass is 16.4. The molecule has 0 aliphatic rings. The molecule has 0 aliphatic carbocycles. The van der Waals surface area contributed by atoms with E-state index in [1.807, 2.05) is 12.3 Å². The molecule has 18 heavy (non-hydrogen) atoms. The van der Waals surface area contributed by atoms with Gasteiger partial charge in [0.1, 0.15) is 0 Å². The molecule has 1 heterocycles. The summed E-state index contributed by atoms with van der Waals surface area (Å²) in [5.41, 5.74) is 0.